The molecule has 31 heavy (non-hydrogen) atoms. The number of anilines is 1. The number of amides is 1. The molecule has 4 rings (SSSR count). The predicted octanol–water partition coefficient (Wildman–Crippen LogP) is 5.02. The molecule has 2 N–H and O–H groups in total. The average molecular weight is 437 g/mol. The van der Waals surface area contributed by atoms with Crippen molar-refractivity contribution in [3.05, 3.63) is 72.3 Å². The molecule has 0 atom stereocenters. The molecule has 1 aliphatic rings. The Kier molecular flexibility index (Phi) is 6.68. The highest BCUT2D eigenvalue weighted by Crippen LogP contribution is 2.23. The van der Waals surface area contributed by atoms with E-state index in [0.29, 0.717) is 12.8 Å². The van der Waals surface area contributed by atoms with Crippen molar-refractivity contribution in [1.82, 2.24) is 4.72 Å². The summed E-state index contributed by atoms with van der Waals surface area (Å²) < 4.78 is 28.1. The van der Waals surface area contributed by atoms with Gasteiger partial charge in [0, 0.05) is 23.5 Å². The number of rotatable bonds is 7. The number of hydrogen-bond donors (Lipinski definition) is 2. The molecule has 162 valence electrons. The highest BCUT2D eigenvalue weighted by molar-refractivity contribution is 7.89. The number of hydrogen-bond acceptors (Lipinski definition) is 3. The zero-order chi connectivity index (χ0) is 21.7. The van der Waals surface area contributed by atoms with Crippen LogP contribution in [-0.4, -0.2) is 20.4 Å². The Bertz CT molecular complexity index is 1150. The molecule has 5 nitrogen and oxygen atoms in total. The maximum atomic E-state index is 12.6. The topological polar surface area (TPSA) is 75.3 Å². The summed E-state index contributed by atoms with van der Waals surface area (Å²) in [5, 5.41) is 5.09. The maximum Gasteiger partial charge on any atom is 0.240 e. The van der Waals surface area contributed by atoms with Gasteiger partial charge in [-0.3, -0.25) is 4.79 Å². The van der Waals surface area contributed by atoms with Crippen molar-refractivity contribution >= 4 is 32.4 Å². The Morgan fingerprint density at radius 1 is 0.871 bits per heavy atom. The largest absolute Gasteiger partial charge is 0.326 e. The van der Waals surface area contributed by atoms with Gasteiger partial charge < -0.3 is 5.32 Å². The van der Waals surface area contributed by atoms with E-state index < -0.39 is 10.0 Å². The highest BCUT2D eigenvalue weighted by Gasteiger charge is 2.21. The number of carbonyl (C=O) groups excluding carboxylic acids is 1. The van der Waals surface area contributed by atoms with Gasteiger partial charge in [-0.05, 0) is 48.4 Å². The average Bonchev–Trinajstić information content (AvgIpc) is 2.79. The Morgan fingerprint density at radius 3 is 2.35 bits per heavy atom. The number of carbonyl (C=O) groups is 1. The fraction of sp³-hybridized carbons (Fsp3) is 0.320. The van der Waals surface area contributed by atoms with Crippen LogP contribution in [0.25, 0.3) is 10.8 Å². The van der Waals surface area contributed by atoms with Gasteiger partial charge in [0.25, 0.3) is 0 Å². The summed E-state index contributed by atoms with van der Waals surface area (Å²) in [5.74, 6) is -0.0629. The van der Waals surface area contributed by atoms with Crippen LogP contribution in [-0.2, 0) is 21.2 Å². The molecule has 3 aromatic rings. The standard InChI is InChI=1S/C25H28N2O3S/c28-25(26-24-12-6-8-20-7-4-5-11-23(20)24)18-15-19-13-16-22(17-14-19)31(29,30)27-21-9-2-1-3-10-21/h4-8,11-14,16-17,21,27H,1-3,9-10,15,18H2,(H,26,28). The lowest BCUT2D eigenvalue weighted by molar-refractivity contribution is -0.116. The van der Waals surface area contributed by atoms with E-state index in [0.717, 1.165) is 47.7 Å². The third-order valence-corrected chi connectivity index (χ3v) is 7.40. The van der Waals surface area contributed by atoms with Gasteiger partial charge in [0.15, 0.2) is 0 Å². The first-order chi connectivity index (χ1) is 15.0. The molecule has 1 amide bonds. The van der Waals surface area contributed by atoms with Crippen LogP contribution < -0.4 is 10.0 Å². The van der Waals surface area contributed by atoms with Gasteiger partial charge in [-0.15, -0.1) is 0 Å². The highest BCUT2D eigenvalue weighted by atomic mass is 32.2. The zero-order valence-electron chi connectivity index (χ0n) is 17.5. The quantitative estimate of drug-likeness (QED) is 0.546. The van der Waals surface area contributed by atoms with Crippen molar-refractivity contribution in [2.75, 3.05) is 5.32 Å². The lowest BCUT2D eigenvalue weighted by Gasteiger charge is -2.22. The van der Waals surface area contributed by atoms with Crippen LogP contribution in [0.5, 0.6) is 0 Å². The van der Waals surface area contributed by atoms with Crippen LogP contribution in [0.2, 0.25) is 0 Å². The van der Waals surface area contributed by atoms with E-state index in [9.17, 15) is 13.2 Å². The molecule has 6 heteroatoms. The molecular formula is C25H28N2O3S. The van der Waals surface area contributed by atoms with Gasteiger partial charge >= 0.3 is 0 Å². The van der Waals surface area contributed by atoms with Crippen molar-refractivity contribution in [2.45, 2.75) is 55.9 Å². The maximum absolute atomic E-state index is 12.6. The van der Waals surface area contributed by atoms with E-state index in [1.54, 1.807) is 24.3 Å². The first-order valence-corrected chi connectivity index (χ1v) is 12.4. The van der Waals surface area contributed by atoms with Crippen molar-refractivity contribution in [3.8, 4) is 0 Å². The van der Waals surface area contributed by atoms with Gasteiger partial charge in [-0.25, -0.2) is 13.1 Å². The van der Waals surface area contributed by atoms with Gasteiger partial charge in [-0.1, -0.05) is 67.8 Å². The number of nitrogens with one attached hydrogen (secondary N) is 2. The number of sulfonamides is 1. The van der Waals surface area contributed by atoms with Crippen LogP contribution in [0.3, 0.4) is 0 Å². The van der Waals surface area contributed by atoms with Gasteiger partial charge in [0.1, 0.15) is 0 Å². The predicted molar refractivity (Wildman–Crippen MR) is 125 cm³/mol. The number of aryl methyl sites for hydroxylation is 1. The van der Waals surface area contributed by atoms with Crippen LogP contribution >= 0.6 is 0 Å². The zero-order valence-corrected chi connectivity index (χ0v) is 18.3. The Morgan fingerprint density at radius 2 is 1.58 bits per heavy atom. The molecule has 0 heterocycles. The minimum absolute atomic E-state index is 0.0381. The molecule has 0 saturated heterocycles. The minimum Gasteiger partial charge on any atom is -0.326 e. The monoisotopic (exact) mass is 436 g/mol. The van der Waals surface area contributed by atoms with E-state index in [1.165, 1.54) is 6.42 Å². The van der Waals surface area contributed by atoms with E-state index in [4.69, 9.17) is 0 Å². The van der Waals surface area contributed by atoms with Crippen molar-refractivity contribution in [3.63, 3.8) is 0 Å². The second-order valence-corrected chi connectivity index (χ2v) is 9.89. The molecule has 0 aliphatic heterocycles. The van der Waals surface area contributed by atoms with Gasteiger partial charge in [0.2, 0.25) is 15.9 Å². The molecule has 0 radical (unpaired) electrons. The van der Waals surface area contributed by atoms with Crippen LogP contribution in [0, 0.1) is 0 Å². The smallest absolute Gasteiger partial charge is 0.240 e. The lowest BCUT2D eigenvalue weighted by atomic mass is 9.96. The van der Waals surface area contributed by atoms with E-state index in [1.807, 2.05) is 42.5 Å². The molecule has 3 aromatic carbocycles. The Hall–Kier alpha value is -2.70. The summed E-state index contributed by atoms with van der Waals surface area (Å²) in [6.45, 7) is 0. The van der Waals surface area contributed by atoms with E-state index in [-0.39, 0.29) is 16.8 Å². The summed E-state index contributed by atoms with van der Waals surface area (Å²) in [7, 11) is -3.50. The summed E-state index contributed by atoms with van der Waals surface area (Å²) in [4.78, 5) is 12.7. The fourth-order valence-corrected chi connectivity index (χ4v) is 5.45. The first kappa shape index (κ1) is 21.5. The number of benzene rings is 3. The third-order valence-electron chi connectivity index (χ3n) is 5.87. The number of fused-ring (bicyclic) bond motifs is 1. The molecule has 0 spiro atoms. The van der Waals surface area contributed by atoms with Crippen LogP contribution in [0.15, 0.2) is 71.6 Å². The molecule has 1 aliphatic carbocycles. The van der Waals surface area contributed by atoms with Crippen LogP contribution in [0.4, 0.5) is 5.69 Å². The van der Waals surface area contributed by atoms with Gasteiger partial charge in [-0.2, -0.15) is 0 Å². The van der Waals surface area contributed by atoms with E-state index in [2.05, 4.69) is 10.0 Å². The summed E-state index contributed by atoms with van der Waals surface area (Å²) >= 11 is 0. The van der Waals surface area contributed by atoms with Crippen LogP contribution in [0.1, 0.15) is 44.1 Å². The fourth-order valence-electron chi connectivity index (χ4n) is 4.15. The minimum atomic E-state index is -3.50. The second-order valence-electron chi connectivity index (χ2n) is 8.18. The first-order valence-electron chi connectivity index (χ1n) is 10.9. The third kappa shape index (κ3) is 5.51. The van der Waals surface area contributed by atoms with Crippen molar-refractivity contribution in [2.24, 2.45) is 0 Å². The SMILES string of the molecule is O=C(CCc1ccc(S(=O)(=O)NC2CCCCC2)cc1)Nc1cccc2ccccc12. The molecular weight excluding hydrogens is 408 g/mol. The molecule has 0 bridgehead atoms. The summed E-state index contributed by atoms with van der Waals surface area (Å²) in [6, 6.07) is 20.7. The summed E-state index contributed by atoms with van der Waals surface area (Å²) in [6.07, 6.45) is 6.02. The normalized spacial score (nSPS) is 15.1. The van der Waals surface area contributed by atoms with Gasteiger partial charge in [0.05, 0.1) is 4.90 Å². The molecule has 0 aromatic heterocycles. The van der Waals surface area contributed by atoms with E-state index >= 15 is 0 Å². The Labute approximate surface area is 183 Å². The molecule has 0 unspecified atom stereocenters. The summed E-state index contributed by atoms with van der Waals surface area (Å²) in [5.41, 5.74) is 1.74. The molecule has 1 fully saturated rings. The second kappa shape index (κ2) is 9.62. The molecule has 1 saturated carbocycles. The Balaban J connectivity index is 1.34. The lowest BCUT2D eigenvalue weighted by Crippen LogP contribution is -2.36. The van der Waals surface area contributed by atoms with Crippen molar-refractivity contribution in [1.29, 1.82) is 0 Å². The van der Waals surface area contributed by atoms with Crippen molar-refractivity contribution < 1.29 is 13.2 Å².